The van der Waals surface area contributed by atoms with E-state index >= 15 is 0 Å². The number of rotatable bonds is 2. The van der Waals surface area contributed by atoms with E-state index in [0.717, 1.165) is 0 Å². The van der Waals surface area contributed by atoms with Crippen LogP contribution in [0.3, 0.4) is 0 Å². The molecule has 0 unspecified atom stereocenters. The molecule has 2 aliphatic rings. The van der Waals surface area contributed by atoms with Gasteiger partial charge in [-0.15, -0.1) is 0 Å². The van der Waals surface area contributed by atoms with Gasteiger partial charge in [-0.1, -0.05) is 0 Å². The molecule has 0 saturated carbocycles. The quantitative estimate of drug-likeness (QED) is 0.462. The second-order valence-electron chi connectivity index (χ2n) is 6.58. The number of fused-ring (bicyclic) bond motifs is 2. The Labute approximate surface area is 167 Å². The summed E-state index contributed by atoms with van der Waals surface area (Å²) in [5, 5.41) is 2.47. The first-order chi connectivity index (χ1) is 12.9. The Morgan fingerprint density at radius 1 is 0.538 bits per heavy atom. The van der Waals surface area contributed by atoms with Gasteiger partial charge in [0.15, 0.2) is 0 Å². The zero-order valence-electron chi connectivity index (χ0n) is 14.3. The van der Waals surface area contributed by atoms with Crippen LogP contribution >= 0.6 is 0 Å². The fraction of sp³-hybridized carbons (Fsp3) is 0.0833. The van der Waals surface area contributed by atoms with Crippen molar-refractivity contribution < 1.29 is 0 Å². The van der Waals surface area contributed by atoms with Gasteiger partial charge < -0.3 is 0 Å². The van der Waals surface area contributed by atoms with Crippen LogP contribution in [0.25, 0.3) is 21.1 Å². The van der Waals surface area contributed by atoms with E-state index in [1.54, 1.807) is 0 Å². The third kappa shape index (κ3) is 3.15. The summed E-state index contributed by atoms with van der Waals surface area (Å²) in [5.41, 5.74) is 8.59. The van der Waals surface area contributed by atoms with E-state index in [1.165, 1.54) is 53.0 Å². The molecule has 0 saturated heterocycles. The molecule has 2 aliphatic heterocycles. The molecule has 5 rings (SSSR count). The van der Waals surface area contributed by atoms with Crippen LogP contribution in [0.5, 0.6) is 0 Å². The molecule has 0 aliphatic carbocycles. The van der Waals surface area contributed by atoms with Gasteiger partial charge in [0.25, 0.3) is 0 Å². The van der Waals surface area contributed by atoms with Gasteiger partial charge in [0.2, 0.25) is 0 Å². The van der Waals surface area contributed by atoms with Crippen molar-refractivity contribution in [2.24, 2.45) is 0 Å². The van der Waals surface area contributed by atoms with E-state index in [9.17, 15) is 0 Å². The Morgan fingerprint density at radius 3 is 1.42 bits per heavy atom. The molecule has 0 bridgehead atoms. The first kappa shape index (κ1) is 16.4. The summed E-state index contributed by atoms with van der Waals surface area (Å²) < 4.78 is 3.07. The van der Waals surface area contributed by atoms with Crippen LogP contribution in [-0.2, 0) is 10.6 Å². The van der Waals surface area contributed by atoms with Crippen LogP contribution in [0.2, 0.25) is 0 Å². The van der Waals surface area contributed by atoms with E-state index in [-0.39, 0.29) is 0 Å². The average molecular weight is 464 g/mol. The molecule has 3 aromatic rings. The molecule has 0 N–H and O–H groups in total. The Morgan fingerprint density at radius 2 is 0.962 bits per heavy atom. The van der Waals surface area contributed by atoms with Crippen LogP contribution < -0.4 is 0 Å². The zero-order valence-corrected chi connectivity index (χ0v) is 17.7. The molecular formula is C24H18Se2. The summed E-state index contributed by atoms with van der Waals surface area (Å²) in [5.74, 6) is 0. The van der Waals surface area contributed by atoms with Crippen molar-refractivity contribution >= 4 is 51.0 Å². The van der Waals surface area contributed by atoms with Crippen LogP contribution in [0.4, 0.5) is 0 Å². The molecule has 0 amide bonds. The topological polar surface area (TPSA) is 0 Å². The van der Waals surface area contributed by atoms with Crippen molar-refractivity contribution in [3.63, 3.8) is 0 Å². The predicted octanol–water partition coefficient (Wildman–Crippen LogP) is 5.12. The first-order valence-corrected chi connectivity index (χ1v) is 13.0. The average Bonchev–Trinajstić information content (AvgIpc) is 3.28. The summed E-state index contributed by atoms with van der Waals surface area (Å²) in [6, 6.07) is 26.8. The minimum atomic E-state index is 0.570. The summed E-state index contributed by atoms with van der Waals surface area (Å²) in [6.07, 6.45) is 4.77. The second kappa shape index (κ2) is 7.06. The SMILES string of the molecule is C(=C1\[Se]Cc2ccccc21)/c1ccc(/C=C2/[Se]Cc3ccccc32)cc1. The van der Waals surface area contributed by atoms with Gasteiger partial charge in [-0.25, -0.2) is 0 Å². The third-order valence-electron chi connectivity index (χ3n) is 4.86. The standard InChI is InChI=1S/C24H18Se2/c1-3-7-21-19(5-1)15-25-23(21)13-17-9-11-18(12-10-17)14-24-22-8-4-2-6-20(22)16-26-24/h1-14H,15-16H2/b23-13+,24-14+. The van der Waals surface area contributed by atoms with Crippen LogP contribution in [0.15, 0.2) is 72.8 Å². The maximum absolute atomic E-state index is 2.39. The van der Waals surface area contributed by atoms with Gasteiger partial charge >= 0.3 is 168 Å². The summed E-state index contributed by atoms with van der Waals surface area (Å²) in [6.45, 7) is 0. The van der Waals surface area contributed by atoms with Gasteiger partial charge in [0.05, 0.1) is 0 Å². The Kier molecular flexibility index (Phi) is 4.44. The molecule has 0 aromatic heterocycles. The minimum absolute atomic E-state index is 0.570. The van der Waals surface area contributed by atoms with E-state index in [2.05, 4.69) is 84.9 Å². The normalized spacial score (nSPS) is 18.3. The van der Waals surface area contributed by atoms with Crippen LogP contribution in [0.1, 0.15) is 33.4 Å². The molecule has 2 heterocycles. The summed E-state index contributed by atoms with van der Waals surface area (Å²) in [4.78, 5) is 0. The fourth-order valence-corrected chi connectivity index (χ4v) is 8.24. The van der Waals surface area contributed by atoms with Crippen molar-refractivity contribution in [2.45, 2.75) is 10.6 Å². The zero-order chi connectivity index (χ0) is 17.3. The Balaban J connectivity index is 1.41. The van der Waals surface area contributed by atoms with Crippen molar-refractivity contribution in [1.82, 2.24) is 0 Å². The van der Waals surface area contributed by atoms with Gasteiger partial charge in [-0.2, -0.15) is 0 Å². The van der Waals surface area contributed by atoms with Gasteiger partial charge in [0, 0.05) is 0 Å². The van der Waals surface area contributed by atoms with Crippen LogP contribution in [0, 0.1) is 0 Å². The van der Waals surface area contributed by atoms with Crippen molar-refractivity contribution in [3.8, 4) is 0 Å². The summed E-state index contributed by atoms with van der Waals surface area (Å²) >= 11 is 1.14. The van der Waals surface area contributed by atoms with E-state index in [0.29, 0.717) is 29.9 Å². The molecule has 26 heavy (non-hydrogen) atoms. The number of benzene rings is 3. The van der Waals surface area contributed by atoms with Crippen molar-refractivity contribution in [2.75, 3.05) is 0 Å². The Hall–Kier alpha value is -1.82. The maximum atomic E-state index is 2.39. The molecule has 126 valence electrons. The molecule has 2 heteroatoms. The van der Waals surface area contributed by atoms with E-state index in [4.69, 9.17) is 0 Å². The molecular weight excluding hydrogens is 446 g/mol. The molecule has 0 nitrogen and oxygen atoms in total. The van der Waals surface area contributed by atoms with Gasteiger partial charge in [-0.05, 0) is 0 Å². The molecule has 0 spiro atoms. The number of hydrogen-bond acceptors (Lipinski definition) is 0. The fourth-order valence-electron chi connectivity index (χ4n) is 3.47. The molecule has 0 fully saturated rings. The van der Waals surface area contributed by atoms with Gasteiger partial charge in [0.1, 0.15) is 0 Å². The predicted molar refractivity (Wildman–Crippen MR) is 114 cm³/mol. The molecule has 0 atom stereocenters. The number of hydrogen-bond donors (Lipinski definition) is 0. The molecule has 0 radical (unpaired) electrons. The Bertz CT molecular complexity index is 942. The van der Waals surface area contributed by atoms with E-state index < -0.39 is 0 Å². The van der Waals surface area contributed by atoms with Crippen LogP contribution in [-0.4, -0.2) is 29.9 Å². The van der Waals surface area contributed by atoms with Gasteiger partial charge in [-0.3, -0.25) is 0 Å². The summed E-state index contributed by atoms with van der Waals surface area (Å²) in [7, 11) is 0. The monoisotopic (exact) mass is 466 g/mol. The second-order valence-corrected chi connectivity index (χ2v) is 10.8. The first-order valence-electron chi connectivity index (χ1n) is 8.82. The van der Waals surface area contributed by atoms with Crippen molar-refractivity contribution in [3.05, 3.63) is 106 Å². The van der Waals surface area contributed by atoms with E-state index in [1.807, 2.05) is 0 Å². The molecule has 3 aromatic carbocycles. The van der Waals surface area contributed by atoms with Crippen molar-refractivity contribution in [1.29, 1.82) is 0 Å². The third-order valence-corrected chi connectivity index (χ3v) is 9.50.